The molecule has 1 atom stereocenters. The van der Waals surface area contributed by atoms with Crippen LogP contribution in [0, 0.1) is 5.92 Å². The zero-order valence-corrected chi connectivity index (χ0v) is 17.6. The van der Waals surface area contributed by atoms with Gasteiger partial charge in [-0.3, -0.25) is 14.5 Å². The van der Waals surface area contributed by atoms with Crippen LogP contribution in [0.2, 0.25) is 0 Å². The van der Waals surface area contributed by atoms with Gasteiger partial charge in [0.25, 0.3) is 5.91 Å². The summed E-state index contributed by atoms with van der Waals surface area (Å²) in [5.74, 6) is -0.877. The number of sulfonamides is 1. The Bertz CT molecular complexity index is 940. The molecule has 0 spiro atoms. The van der Waals surface area contributed by atoms with Crippen LogP contribution in [0.5, 0.6) is 0 Å². The molecule has 1 aliphatic carbocycles. The Labute approximate surface area is 170 Å². The van der Waals surface area contributed by atoms with Gasteiger partial charge in [-0.15, -0.1) is 0 Å². The number of amides is 4. The standard InChI is InChI=1S/C19H26N4O5S/c1-4-22(5-2)29(27,28)15-8-6-7-14(11-15)20-16(24)12-23-17(25)19(3,13-9-10-13)21-18(23)26/h6-8,11,13H,4-5,9-10,12H2,1-3H3,(H,20,24)(H,21,26)/t19-/m1/s1. The number of imide groups is 1. The fourth-order valence-electron chi connectivity index (χ4n) is 3.59. The van der Waals surface area contributed by atoms with Crippen LogP contribution in [0.4, 0.5) is 10.5 Å². The molecule has 1 aliphatic heterocycles. The second-order valence-electron chi connectivity index (χ2n) is 7.46. The highest BCUT2D eigenvalue weighted by atomic mass is 32.2. The summed E-state index contributed by atoms with van der Waals surface area (Å²) in [4.78, 5) is 38.2. The van der Waals surface area contributed by atoms with Crippen molar-refractivity contribution in [2.45, 2.75) is 44.0 Å². The quantitative estimate of drug-likeness (QED) is 0.614. The molecule has 2 aliphatic rings. The summed E-state index contributed by atoms with van der Waals surface area (Å²) in [7, 11) is -3.66. The molecule has 10 heteroatoms. The highest BCUT2D eigenvalue weighted by molar-refractivity contribution is 7.89. The van der Waals surface area contributed by atoms with Gasteiger partial charge in [0.2, 0.25) is 15.9 Å². The minimum absolute atomic E-state index is 0.0651. The van der Waals surface area contributed by atoms with Gasteiger partial charge in [-0.1, -0.05) is 19.9 Å². The predicted octanol–water partition coefficient (Wildman–Crippen LogP) is 1.38. The van der Waals surface area contributed by atoms with Gasteiger partial charge in [-0.2, -0.15) is 4.31 Å². The maximum absolute atomic E-state index is 12.6. The Morgan fingerprint density at radius 1 is 1.28 bits per heavy atom. The SMILES string of the molecule is CCN(CC)S(=O)(=O)c1cccc(NC(=O)CN2C(=O)N[C@](C)(C3CC3)C2=O)c1. The molecule has 1 saturated heterocycles. The van der Waals surface area contributed by atoms with Crippen molar-refractivity contribution in [2.75, 3.05) is 25.0 Å². The molecule has 0 unspecified atom stereocenters. The highest BCUT2D eigenvalue weighted by Crippen LogP contribution is 2.42. The van der Waals surface area contributed by atoms with Crippen LogP contribution in [0.3, 0.4) is 0 Å². The number of nitrogens with zero attached hydrogens (tertiary/aromatic N) is 2. The van der Waals surface area contributed by atoms with Crippen molar-refractivity contribution in [3.63, 3.8) is 0 Å². The summed E-state index contributed by atoms with van der Waals surface area (Å²) in [5, 5.41) is 5.26. The Morgan fingerprint density at radius 3 is 2.52 bits per heavy atom. The lowest BCUT2D eigenvalue weighted by Gasteiger charge is -2.21. The van der Waals surface area contributed by atoms with Crippen molar-refractivity contribution in [1.82, 2.24) is 14.5 Å². The summed E-state index contributed by atoms with van der Waals surface area (Å²) in [5.41, 5.74) is -0.671. The van der Waals surface area contributed by atoms with Gasteiger partial charge in [0.15, 0.2) is 0 Å². The summed E-state index contributed by atoms with van der Waals surface area (Å²) in [6.07, 6.45) is 1.74. The second-order valence-corrected chi connectivity index (χ2v) is 9.40. The first-order valence-corrected chi connectivity index (χ1v) is 11.1. The van der Waals surface area contributed by atoms with Gasteiger partial charge in [0.05, 0.1) is 4.90 Å². The molecular formula is C19H26N4O5S. The van der Waals surface area contributed by atoms with Crippen molar-refractivity contribution >= 4 is 33.6 Å². The van der Waals surface area contributed by atoms with Gasteiger partial charge < -0.3 is 10.6 Å². The number of hydrogen-bond donors (Lipinski definition) is 2. The van der Waals surface area contributed by atoms with Crippen LogP contribution in [0.15, 0.2) is 29.2 Å². The third-order valence-electron chi connectivity index (χ3n) is 5.46. The molecule has 158 valence electrons. The highest BCUT2D eigenvalue weighted by Gasteiger charge is 2.56. The second kappa shape index (κ2) is 7.75. The van der Waals surface area contributed by atoms with E-state index in [0.29, 0.717) is 13.1 Å². The number of anilines is 1. The molecule has 9 nitrogen and oxygen atoms in total. The third kappa shape index (κ3) is 3.99. The molecule has 1 aromatic carbocycles. The first-order chi connectivity index (χ1) is 13.6. The van der Waals surface area contributed by atoms with Gasteiger partial charge in [0, 0.05) is 18.8 Å². The molecule has 1 heterocycles. The van der Waals surface area contributed by atoms with Gasteiger partial charge in [0.1, 0.15) is 12.1 Å². The van der Waals surface area contributed by atoms with Crippen molar-refractivity contribution < 1.29 is 22.8 Å². The molecular weight excluding hydrogens is 396 g/mol. The average molecular weight is 423 g/mol. The van der Waals surface area contributed by atoms with E-state index in [4.69, 9.17) is 0 Å². The lowest BCUT2D eigenvalue weighted by Crippen LogP contribution is -2.46. The number of rotatable bonds is 8. The molecule has 4 amide bonds. The van der Waals surface area contributed by atoms with E-state index in [1.54, 1.807) is 26.8 Å². The Balaban J connectivity index is 1.70. The molecule has 2 fully saturated rings. The van der Waals surface area contributed by atoms with Crippen molar-refractivity contribution in [3.8, 4) is 0 Å². The van der Waals surface area contributed by atoms with Crippen LogP contribution in [-0.2, 0) is 19.6 Å². The van der Waals surface area contributed by atoms with Gasteiger partial charge >= 0.3 is 6.03 Å². The van der Waals surface area contributed by atoms with Crippen LogP contribution < -0.4 is 10.6 Å². The van der Waals surface area contributed by atoms with E-state index in [-0.39, 0.29) is 16.5 Å². The maximum Gasteiger partial charge on any atom is 0.325 e. The number of urea groups is 1. The third-order valence-corrected chi connectivity index (χ3v) is 7.50. The van der Waals surface area contributed by atoms with Crippen LogP contribution >= 0.6 is 0 Å². The lowest BCUT2D eigenvalue weighted by molar-refractivity contribution is -0.134. The van der Waals surface area contributed by atoms with Crippen LogP contribution in [-0.4, -0.2) is 60.6 Å². The first-order valence-electron chi connectivity index (χ1n) is 9.67. The van der Waals surface area contributed by atoms with Crippen molar-refractivity contribution in [2.24, 2.45) is 5.92 Å². The topological polar surface area (TPSA) is 116 Å². The zero-order chi connectivity index (χ0) is 21.4. The van der Waals surface area contributed by atoms with Crippen LogP contribution in [0.1, 0.15) is 33.6 Å². The van der Waals surface area contributed by atoms with E-state index in [1.165, 1.54) is 22.5 Å². The zero-order valence-electron chi connectivity index (χ0n) is 16.8. The normalized spacial score (nSPS) is 22.1. The first kappa shape index (κ1) is 21.3. The number of carbonyl (C=O) groups is 3. The fraction of sp³-hybridized carbons (Fsp3) is 0.526. The van der Waals surface area contributed by atoms with E-state index in [2.05, 4.69) is 10.6 Å². The molecule has 0 radical (unpaired) electrons. The van der Waals surface area contributed by atoms with Crippen molar-refractivity contribution in [1.29, 1.82) is 0 Å². The average Bonchev–Trinajstić information content (AvgIpc) is 3.49. The van der Waals surface area contributed by atoms with E-state index in [9.17, 15) is 22.8 Å². The van der Waals surface area contributed by atoms with Gasteiger partial charge in [-0.25, -0.2) is 13.2 Å². The van der Waals surface area contributed by atoms with E-state index < -0.39 is 40.0 Å². The Kier molecular flexibility index (Phi) is 5.68. The number of nitrogens with one attached hydrogen (secondary N) is 2. The predicted molar refractivity (Wildman–Crippen MR) is 107 cm³/mol. The lowest BCUT2D eigenvalue weighted by atomic mass is 9.96. The largest absolute Gasteiger partial charge is 0.325 e. The van der Waals surface area contributed by atoms with E-state index in [1.807, 2.05) is 0 Å². The minimum Gasteiger partial charge on any atom is -0.324 e. The summed E-state index contributed by atoms with van der Waals surface area (Å²) in [6, 6.07) is 5.33. The maximum atomic E-state index is 12.6. The van der Waals surface area contributed by atoms with Crippen molar-refractivity contribution in [3.05, 3.63) is 24.3 Å². The molecule has 2 N–H and O–H groups in total. The monoisotopic (exact) mass is 422 g/mol. The minimum atomic E-state index is -3.66. The van der Waals surface area contributed by atoms with E-state index >= 15 is 0 Å². The molecule has 0 aromatic heterocycles. The molecule has 3 rings (SSSR count). The number of benzene rings is 1. The summed E-state index contributed by atoms with van der Waals surface area (Å²) < 4.78 is 26.6. The summed E-state index contributed by atoms with van der Waals surface area (Å²) in [6.45, 7) is 5.42. The Morgan fingerprint density at radius 2 is 1.93 bits per heavy atom. The summed E-state index contributed by atoms with van der Waals surface area (Å²) >= 11 is 0. The number of hydrogen-bond acceptors (Lipinski definition) is 5. The fourth-order valence-corrected chi connectivity index (χ4v) is 5.09. The van der Waals surface area contributed by atoms with Gasteiger partial charge in [-0.05, 0) is 43.9 Å². The number of carbonyl (C=O) groups excluding carboxylic acids is 3. The molecule has 29 heavy (non-hydrogen) atoms. The van der Waals surface area contributed by atoms with Crippen LogP contribution in [0.25, 0.3) is 0 Å². The van der Waals surface area contributed by atoms with E-state index in [0.717, 1.165) is 17.7 Å². The molecule has 1 saturated carbocycles. The molecule has 1 aromatic rings. The smallest absolute Gasteiger partial charge is 0.324 e. The Hall–Kier alpha value is -2.46. The molecule has 0 bridgehead atoms.